The number of nitro benzene ring substituents is 1. The Balaban J connectivity index is 2.43. The zero-order valence-electron chi connectivity index (χ0n) is 15.9. The van der Waals surface area contributed by atoms with Gasteiger partial charge in [-0.05, 0) is 30.5 Å². The van der Waals surface area contributed by atoms with Gasteiger partial charge in [-0.15, -0.1) is 0 Å². The maximum atomic E-state index is 13.3. The normalized spacial score (nSPS) is 13.7. The molecule has 6 nitrogen and oxygen atoms in total. The van der Waals surface area contributed by atoms with Crippen LogP contribution in [0.1, 0.15) is 12.5 Å². The van der Waals surface area contributed by atoms with Crippen molar-refractivity contribution in [3.8, 4) is 11.5 Å². The predicted octanol–water partition coefficient (Wildman–Crippen LogP) is 6.36. The number of hydrogen-bond donors (Lipinski definition) is 0. The first-order valence-corrected chi connectivity index (χ1v) is 12.2. The lowest BCUT2D eigenvalue weighted by molar-refractivity contribution is -0.383. The second-order valence-corrected chi connectivity index (χ2v) is 10.1. The fourth-order valence-electron chi connectivity index (χ4n) is 2.48. The monoisotopic (exact) mass is 483 g/mol. The molecule has 1 atom stereocenters. The van der Waals surface area contributed by atoms with Gasteiger partial charge in [0.1, 0.15) is 16.8 Å². The van der Waals surface area contributed by atoms with E-state index < -0.39 is 29.7 Å². The van der Waals surface area contributed by atoms with Crippen molar-refractivity contribution in [2.45, 2.75) is 13.1 Å². The van der Waals surface area contributed by atoms with Gasteiger partial charge in [-0.2, -0.15) is 24.9 Å². The van der Waals surface area contributed by atoms with Gasteiger partial charge in [0.15, 0.2) is 0 Å². The first kappa shape index (κ1) is 24.5. The largest absolute Gasteiger partial charge is 0.456 e. The van der Waals surface area contributed by atoms with Gasteiger partial charge in [-0.3, -0.25) is 14.7 Å². The third-order valence-corrected chi connectivity index (χ3v) is 7.40. The summed E-state index contributed by atoms with van der Waals surface area (Å²) in [5.74, 6) is 0.494. The molecule has 0 radical (unpaired) electrons. The summed E-state index contributed by atoms with van der Waals surface area (Å²) in [6.45, 7) is 1.73. The van der Waals surface area contributed by atoms with Gasteiger partial charge in [-0.25, -0.2) is 0 Å². The number of hydrogen-bond acceptors (Lipinski definition) is 6. The summed E-state index contributed by atoms with van der Waals surface area (Å²) < 4.78 is 62.6. The Hall–Kier alpha value is -1.74. The van der Waals surface area contributed by atoms with Crippen LogP contribution in [-0.2, 0) is 15.3 Å². The molecule has 0 N–H and O–H groups in total. The van der Waals surface area contributed by atoms with Crippen molar-refractivity contribution in [3.63, 3.8) is 0 Å². The molecule has 12 heteroatoms. The second-order valence-electron chi connectivity index (χ2n) is 5.97. The van der Waals surface area contributed by atoms with Crippen molar-refractivity contribution in [1.29, 1.82) is 0 Å². The summed E-state index contributed by atoms with van der Waals surface area (Å²) >= 11 is 7.36. The van der Waals surface area contributed by atoms with Gasteiger partial charge in [-0.1, -0.05) is 18.5 Å². The molecule has 2 rings (SSSR count). The molecule has 2 aromatic rings. The Morgan fingerprint density at radius 1 is 1.23 bits per heavy atom. The highest BCUT2D eigenvalue weighted by molar-refractivity contribution is 7.98. The fourth-order valence-corrected chi connectivity index (χ4v) is 4.95. The van der Waals surface area contributed by atoms with E-state index in [-0.39, 0.29) is 34.6 Å². The molecule has 30 heavy (non-hydrogen) atoms. The van der Waals surface area contributed by atoms with Gasteiger partial charge in [0.2, 0.25) is 7.37 Å². The molecule has 0 fully saturated rings. The van der Waals surface area contributed by atoms with E-state index in [0.29, 0.717) is 11.8 Å². The van der Waals surface area contributed by atoms with Crippen molar-refractivity contribution in [2.24, 2.45) is 0 Å². The first-order chi connectivity index (χ1) is 14.0. The zero-order valence-corrected chi connectivity index (χ0v) is 18.4. The van der Waals surface area contributed by atoms with Crippen LogP contribution < -0.4 is 10.0 Å². The molecule has 0 aliphatic heterocycles. The second kappa shape index (κ2) is 10.0. The van der Waals surface area contributed by atoms with Crippen molar-refractivity contribution >= 4 is 41.7 Å². The minimum atomic E-state index is -4.56. The number of rotatable bonds is 9. The molecule has 0 saturated heterocycles. The van der Waals surface area contributed by atoms with Crippen LogP contribution in [0.15, 0.2) is 36.4 Å². The van der Waals surface area contributed by atoms with Crippen LogP contribution in [0.2, 0.25) is 5.02 Å². The number of thioether (sulfide) groups is 1. The van der Waals surface area contributed by atoms with E-state index in [4.69, 9.17) is 20.9 Å². The maximum absolute atomic E-state index is 13.3. The van der Waals surface area contributed by atoms with Crippen LogP contribution >= 0.6 is 30.7 Å². The third-order valence-electron chi connectivity index (χ3n) is 4.00. The Labute approximate surface area is 180 Å². The number of alkyl halides is 3. The molecule has 2 aromatic carbocycles. The quantitative estimate of drug-likeness (QED) is 0.179. The standard InChI is InChI=1S/C18H18ClF3NO5PS/c1-3-29(26,27-8-9-30-2)17-11-13(5-6-15(17)23(24)25)28-16-7-4-12(10-14(16)19)18(20,21)22/h4-7,10-11H,3,8-9H2,1-2H3. The van der Waals surface area contributed by atoms with Crippen LogP contribution in [0, 0.1) is 10.1 Å². The van der Waals surface area contributed by atoms with Crippen LogP contribution in [0.5, 0.6) is 11.5 Å². The zero-order chi connectivity index (χ0) is 22.5. The molecular weight excluding hydrogens is 466 g/mol. The molecule has 0 spiro atoms. The lowest BCUT2D eigenvalue weighted by atomic mass is 10.2. The molecule has 0 amide bonds. The smallest absolute Gasteiger partial charge is 0.416 e. The number of nitrogens with zero attached hydrogens (tertiary/aromatic N) is 1. The van der Waals surface area contributed by atoms with Crippen LogP contribution in [0.3, 0.4) is 0 Å². The van der Waals surface area contributed by atoms with Gasteiger partial charge in [0.05, 0.1) is 22.1 Å². The van der Waals surface area contributed by atoms with E-state index in [0.717, 1.165) is 18.2 Å². The summed E-state index contributed by atoms with van der Waals surface area (Å²) in [4.78, 5) is 10.7. The Morgan fingerprint density at radius 3 is 2.47 bits per heavy atom. The number of nitro groups is 1. The average molecular weight is 484 g/mol. The number of benzene rings is 2. The van der Waals surface area contributed by atoms with E-state index in [2.05, 4.69) is 0 Å². The van der Waals surface area contributed by atoms with E-state index in [9.17, 15) is 27.9 Å². The van der Waals surface area contributed by atoms with Gasteiger partial charge in [0, 0.05) is 24.0 Å². The van der Waals surface area contributed by atoms with Crippen molar-refractivity contribution in [2.75, 3.05) is 24.8 Å². The number of halogens is 4. The summed E-state index contributed by atoms with van der Waals surface area (Å²) in [5.41, 5.74) is -1.34. The Morgan fingerprint density at radius 2 is 1.93 bits per heavy atom. The molecule has 164 valence electrons. The maximum Gasteiger partial charge on any atom is 0.416 e. The molecule has 0 aromatic heterocycles. The van der Waals surface area contributed by atoms with Gasteiger partial charge in [0.25, 0.3) is 5.69 Å². The van der Waals surface area contributed by atoms with Crippen LogP contribution in [-0.4, -0.2) is 29.7 Å². The SMILES string of the molecule is CCP(=O)(OCCSC)c1cc(Oc2ccc(C(F)(F)F)cc2Cl)ccc1[N+](=O)[O-]. The average Bonchev–Trinajstić information content (AvgIpc) is 2.68. The third kappa shape index (κ3) is 5.91. The molecule has 0 bridgehead atoms. The van der Waals surface area contributed by atoms with Crippen LogP contribution in [0.4, 0.5) is 18.9 Å². The summed E-state index contributed by atoms with van der Waals surface area (Å²) in [6.07, 6.45) is -2.71. The lowest BCUT2D eigenvalue weighted by Crippen LogP contribution is -2.15. The van der Waals surface area contributed by atoms with Crippen molar-refractivity contribution in [1.82, 2.24) is 0 Å². The Kier molecular flexibility index (Phi) is 8.21. The fraction of sp³-hybridized carbons (Fsp3) is 0.333. The summed E-state index contributed by atoms with van der Waals surface area (Å²) in [6, 6.07) is 6.12. The van der Waals surface area contributed by atoms with Crippen LogP contribution in [0.25, 0.3) is 0 Å². The van der Waals surface area contributed by atoms with Crippen molar-refractivity contribution < 1.29 is 31.9 Å². The highest BCUT2D eigenvalue weighted by Crippen LogP contribution is 2.49. The van der Waals surface area contributed by atoms with E-state index in [1.165, 1.54) is 23.9 Å². The minimum absolute atomic E-state index is 0.0205. The number of ether oxygens (including phenoxy) is 1. The first-order valence-electron chi connectivity index (χ1n) is 8.58. The van der Waals surface area contributed by atoms with Gasteiger partial charge >= 0.3 is 6.18 Å². The molecule has 0 aliphatic rings. The molecular formula is C18H18ClF3NO5PS. The molecule has 0 heterocycles. The van der Waals surface area contributed by atoms with E-state index in [1.807, 2.05) is 6.26 Å². The molecule has 1 unspecified atom stereocenters. The highest BCUT2D eigenvalue weighted by Gasteiger charge is 2.33. The topological polar surface area (TPSA) is 78.7 Å². The highest BCUT2D eigenvalue weighted by atomic mass is 35.5. The van der Waals surface area contributed by atoms with Crippen molar-refractivity contribution in [3.05, 3.63) is 57.1 Å². The van der Waals surface area contributed by atoms with E-state index in [1.54, 1.807) is 6.92 Å². The van der Waals surface area contributed by atoms with Gasteiger partial charge < -0.3 is 9.26 Å². The molecule has 0 aliphatic carbocycles. The minimum Gasteiger partial charge on any atom is -0.456 e. The lowest BCUT2D eigenvalue weighted by Gasteiger charge is -2.18. The Bertz CT molecular complexity index is 973. The van der Waals surface area contributed by atoms with E-state index >= 15 is 0 Å². The summed E-state index contributed by atoms with van der Waals surface area (Å²) in [5, 5.41) is 11.0. The predicted molar refractivity (Wildman–Crippen MR) is 112 cm³/mol. The summed E-state index contributed by atoms with van der Waals surface area (Å²) in [7, 11) is -3.56. The molecule has 0 saturated carbocycles.